The third-order valence-corrected chi connectivity index (χ3v) is 5.71. The summed E-state index contributed by atoms with van der Waals surface area (Å²) >= 11 is 1.63. The van der Waals surface area contributed by atoms with E-state index in [0.717, 1.165) is 18.7 Å². The van der Waals surface area contributed by atoms with Crippen molar-refractivity contribution in [3.63, 3.8) is 0 Å². The van der Waals surface area contributed by atoms with Crippen LogP contribution in [-0.4, -0.2) is 56.3 Å². The largest absolute Gasteiger partial charge is 0.369 e. The standard InChI is InChI=1S/C16H30N2O3S3/c1-5-16(24-23-12-9-18-22-4)21-11-10-20-13-15(19)17-8-6-7-14(2)3/h14,16,18H,5,8-13H2,1-4H3,(H,17,19). The fraction of sp³-hybridized carbons (Fsp3) is 0.812. The van der Waals surface area contributed by atoms with Gasteiger partial charge in [0.25, 0.3) is 0 Å². The van der Waals surface area contributed by atoms with Crippen LogP contribution in [-0.2, 0) is 14.3 Å². The molecule has 0 bridgehead atoms. The van der Waals surface area contributed by atoms with Gasteiger partial charge in [0.15, 0.2) is 0 Å². The van der Waals surface area contributed by atoms with E-state index in [9.17, 15) is 4.79 Å². The zero-order valence-electron chi connectivity index (χ0n) is 15.1. The number of hydrogen-bond donors (Lipinski definition) is 2. The zero-order chi connectivity index (χ0) is 18.0. The first-order chi connectivity index (χ1) is 11.6. The molecule has 1 atom stereocenters. The summed E-state index contributed by atoms with van der Waals surface area (Å²) < 4.78 is 14.3. The van der Waals surface area contributed by atoms with Crippen LogP contribution in [0, 0.1) is 17.8 Å². The number of rotatable bonds is 14. The monoisotopic (exact) mass is 394 g/mol. The molecule has 0 spiro atoms. The van der Waals surface area contributed by atoms with Crippen LogP contribution < -0.4 is 10.0 Å². The Hall–Kier alpha value is -0.0400. The quantitative estimate of drug-likeness (QED) is 0.154. The van der Waals surface area contributed by atoms with Crippen LogP contribution in [0.3, 0.4) is 0 Å². The molecule has 1 unspecified atom stereocenters. The van der Waals surface area contributed by atoms with Gasteiger partial charge < -0.3 is 14.8 Å². The molecule has 0 fully saturated rings. The lowest BCUT2D eigenvalue weighted by Gasteiger charge is -2.15. The molecule has 0 saturated heterocycles. The summed E-state index contributed by atoms with van der Waals surface area (Å²) in [4.78, 5) is 11.5. The maximum atomic E-state index is 11.5. The molecule has 0 radical (unpaired) electrons. The maximum absolute atomic E-state index is 11.5. The van der Waals surface area contributed by atoms with Crippen LogP contribution in [0.5, 0.6) is 0 Å². The van der Waals surface area contributed by atoms with E-state index in [1.165, 1.54) is 0 Å². The third kappa shape index (κ3) is 16.8. The number of carbonyl (C=O) groups excluding carboxylic acids is 1. The van der Waals surface area contributed by atoms with Crippen molar-refractivity contribution in [2.75, 3.05) is 44.9 Å². The number of nitrogens with one attached hydrogen (secondary N) is 2. The molecule has 0 aliphatic rings. The van der Waals surface area contributed by atoms with Gasteiger partial charge >= 0.3 is 0 Å². The SMILES string of the molecule is CCC(OCCOCC(=O)NCC#CC(C)C)SSCCNSC. The Morgan fingerprint density at radius 3 is 2.75 bits per heavy atom. The number of amides is 1. The van der Waals surface area contributed by atoms with Gasteiger partial charge in [-0.25, -0.2) is 0 Å². The van der Waals surface area contributed by atoms with E-state index < -0.39 is 0 Å². The molecule has 140 valence electrons. The van der Waals surface area contributed by atoms with Crippen LogP contribution in [0.15, 0.2) is 0 Å². The van der Waals surface area contributed by atoms with Crippen LogP contribution >= 0.6 is 33.5 Å². The molecule has 5 nitrogen and oxygen atoms in total. The Balaban J connectivity index is 3.55. The van der Waals surface area contributed by atoms with Gasteiger partial charge in [0, 0.05) is 18.2 Å². The Morgan fingerprint density at radius 2 is 2.08 bits per heavy atom. The smallest absolute Gasteiger partial charge is 0.246 e. The molecular weight excluding hydrogens is 364 g/mol. The molecule has 0 aromatic carbocycles. The zero-order valence-corrected chi connectivity index (χ0v) is 17.5. The lowest BCUT2D eigenvalue weighted by Crippen LogP contribution is -2.28. The predicted octanol–water partition coefficient (Wildman–Crippen LogP) is 2.78. The molecule has 2 N–H and O–H groups in total. The van der Waals surface area contributed by atoms with E-state index in [0.29, 0.717) is 25.7 Å². The van der Waals surface area contributed by atoms with Crippen molar-refractivity contribution < 1.29 is 14.3 Å². The highest BCUT2D eigenvalue weighted by atomic mass is 33.1. The second kappa shape index (κ2) is 17.8. The number of ether oxygens (including phenoxy) is 2. The molecule has 0 saturated carbocycles. The molecule has 24 heavy (non-hydrogen) atoms. The molecule has 8 heteroatoms. The number of hydrogen-bond acceptors (Lipinski definition) is 7. The second-order valence-electron chi connectivity index (χ2n) is 5.03. The Bertz CT molecular complexity index is 373. The molecule has 0 rings (SSSR count). The van der Waals surface area contributed by atoms with E-state index in [1.54, 1.807) is 33.5 Å². The topological polar surface area (TPSA) is 59.6 Å². The fourth-order valence-electron chi connectivity index (χ4n) is 1.38. The Morgan fingerprint density at radius 1 is 1.29 bits per heavy atom. The summed E-state index contributed by atoms with van der Waals surface area (Å²) in [6.45, 7) is 8.44. The van der Waals surface area contributed by atoms with Gasteiger partial charge in [-0.2, -0.15) is 0 Å². The number of carbonyl (C=O) groups is 1. The first-order valence-corrected chi connectivity index (χ1v) is 11.7. The lowest BCUT2D eigenvalue weighted by molar-refractivity contribution is -0.126. The average Bonchev–Trinajstić information content (AvgIpc) is 2.56. The molecule has 0 aromatic heterocycles. The van der Waals surface area contributed by atoms with Gasteiger partial charge in [-0.3, -0.25) is 9.52 Å². The highest BCUT2D eigenvalue weighted by Crippen LogP contribution is 2.29. The Kier molecular flexibility index (Phi) is 17.7. The van der Waals surface area contributed by atoms with Crippen molar-refractivity contribution >= 4 is 39.4 Å². The molecule has 0 aliphatic carbocycles. The Labute approximate surface area is 159 Å². The van der Waals surface area contributed by atoms with Gasteiger partial charge in [0.05, 0.1) is 19.8 Å². The van der Waals surface area contributed by atoms with Crippen molar-refractivity contribution in [2.45, 2.75) is 32.6 Å². The normalized spacial score (nSPS) is 11.9. The highest BCUT2D eigenvalue weighted by molar-refractivity contribution is 8.76. The van der Waals surface area contributed by atoms with Crippen molar-refractivity contribution in [1.82, 2.24) is 10.0 Å². The van der Waals surface area contributed by atoms with Gasteiger partial charge in [-0.05, 0) is 12.7 Å². The maximum Gasteiger partial charge on any atom is 0.246 e. The van der Waals surface area contributed by atoms with Crippen LogP contribution in [0.4, 0.5) is 0 Å². The molecular formula is C16H30N2O3S3. The average molecular weight is 395 g/mol. The van der Waals surface area contributed by atoms with Crippen LogP contribution in [0.2, 0.25) is 0 Å². The fourth-order valence-corrected chi connectivity index (χ4v) is 4.10. The van der Waals surface area contributed by atoms with Crippen molar-refractivity contribution in [1.29, 1.82) is 0 Å². The van der Waals surface area contributed by atoms with Gasteiger partial charge in [0.1, 0.15) is 12.0 Å². The first kappa shape index (κ1) is 24.0. The molecule has 0 heterocycles. The molecule has 0 aromatic rings. The van der Waals surface area contributed by atoms with Gasteiger partial charge in [0.2, 0.25) is 5.91 Å². The van der Waals surface area contributed by atoms with E-state index in [4.69, 9.17) is 9.47 Å². The summed E-state index contributed by atoms with van der Waals surface area (Å²) in [5.74, 6) is 7.10. The molecule has 0 aliphatic heterocycles. The van der Waals surface area contributed by atoms with E-state index in [-0.39, 0.29) is 18.0 Å². The minimum atomic E-state index is -0.147. The van der Waals surface area contributed by atoms with E-state index in [1.807, 2.05) is 20.1 Å². The summed E-state index contributed by atoms with van der Waals surface area (Å²) in [7, 11) is 3.55. The highest BCUT2D eigenvalue weighted by Gasteiger charge is 2.07. The van der Waals surface area contributed by atoms with Crippen LogP contribution in [0.1, 0.15) is 27.2 Å². The lowest BCUT2D eigenvalue weighted by atomic mass is 10.2. The summed E-state index contributed by atoms with van der Waals surface area (Å²) in [6.07, 6.45) is 2.97. The van der Waals surface area contributed by atoms with Crippen molar-refractivity contribution in [2.24, 2.45) is 5.92 Å². The van der Waals surface area contributed by atoms with Crippen LogP contribution in [0.25, 0.3) is 0 Å². The predicted molar refractivity (Wildman–Crippen MR) is 108 cm³/mol. The second-order valence-corrected chi connectivity index (χ2v) is 8.37. The van der Waals surface area contributed by atoms with Crippen molar-refractivity contribution in [3.05, 3.63) is 0 Å². The summed E-state index contributed by atoms with van der Waals surface area (Å²) in [6, 6.07) is 0. The molecule has 1 amide bonds. The van der Waals surface area contributed by atoms with E-state index in [2.05, 4.69) is 28.8 Å². The summed E-state index contributed by atoms with van der Waals surface area (Å²) in [5, 5.41) is 2.70. The first-order valence-electron chi connectivity index (χ1n) is 8.08. The van der Waals surface area contributed by atoms with E-state index >= 15 is 0 Å². The minimum absolute atomic E-state index is 0.0474. The third-order valence-electron chi connectivity index (χ3n) is 2.47. The van der Waals surface area contributed by atoms with Gasteiger partial charge in [-0.15, -0.1) is 0 Å². The minimum Gasteiger partial charge on any atom is -0.369 e. The summed E-state index contributed by atoms with van der Waals surface area (Å²) in [5.41, 5.74) is 0.160. The van der Waals surface area contributed by atoms with Crippen molar-refractivity contribution in [3.8, 4) is 11.8 Å². The van der Waals surface area contributed by atoms with Gasteiger partial charge in [-0.1, -0.05) is 66.1 Å².